The minimum atomic E-state index is -2.17. The van der Waals surface area contributed by atoms with Gasteiger partial charge < -0.3 is 8.85 Å². The van der Waals surface area contributed by atoms with Crippen molar-refractivity contribution in [3.05, 3.63) is 24.8 Å². The van der Waals surface area contributed by atoms with Gasteiger partial charge in [-0.05, 0) is 61.3 Å². The van der Waals surface area contributed by atoms with E-state index < -0.39 is 22.7 Å². The molecular weight excluding hydrogens is 396 g/mol. The van der Waals surface area contributed by atoms with Gasteiger partial charge in [0.05, 0.1) is 0 Å². The zero-order chi connectivity index (χ0) is 23.1. The molecule has 0 bridgehead atoms. The van der Waals surface area contributed by atoms with Crippen LogP contribution in [0, 0.1) is 0 Å². The number of allylic oxidation sites excluding steroid dienone is 2. The van der Waals surface area contributed by atoms with Crippen LogP contribution in [0.25, 0.3) is 0 Å². The molecule has 0 spiro atoms. The second-order valence-corrected chi connectivity index (χ2v) is 20.4. The van der Waals surface area contributed by atoms with E-state index in [1.165, 1.54) is 12.2 Å². The van der Waals surface area contributed by atoms with Crippen molar-refractivity contribution in [1.82, 2.24) is 0 Å². The molecule has 0 N–H and O–H groups in total. The lowest BCUT2D eigenvalue weighted by Crippen LogP contribution is -2.48. The predicted molar refractivity (Wildman–Crippen MR) is 128 cm³/mol. The number of hydrogen-bond acceptors (Lipinski definition) is 4. The van der Waals surface area contributed by atoms with Crippen LogP contribution < -0.4 is 0 Å². The summed E-state index contributed by atoms with van der Waals surface area (Å²) in [6.07, 6.45) is 6.53. The molecule has 0 rings (SSSR count). The monoisotopic (exact) mass is 440 g/mol. The van der Waals surface area contributed by atoms with Crippen molar-refractivity contribution in [2.45, 2.75) is 109 Å². The van der Waals surface area contributed by atoms with Gasteiger partial charge in [-0.25, -0.2) is 0 Å². The quantitative estimate of drug-likeness (QED) is 0.151. The maximum atomic E-state index is 12.9. The highest BCUT2D eigenvalue weighted by Crippen LogP contribution is 2.40. The van der Waals surface area contributed by atoms with Crippen LogP contribution in [0.15, 0.2) is 24.8 Å². The van der Waals surface area contributed by atoms with Crippen molar-refractivity contribution >= 4 is 28.7 Å². The average Bonchev–Trinajstić information content (AvgIpc) is 2.54. The van der Waals surface area contributed by atoms with E-state index in [0.717, 1.165) is 12.8 Å². The Bertz CT molecular complexity index is 581. The SMILES string of the molecule is C=CCC[C@H](C[C@H](O[Si](C)(C)C(C)(C)C)C(=O)/C=C/C=O)O[Si](C)(C)C(C)(C)C. The molecule has 0 aliphatic carbocycles. The first-order valence-electron chi connectivity index (χ1n) is 10.6. The van der Waals surface area contributed by atoms with Crippen LogP contribution in [-0.2, 0) is 18.4 Å². The van der Waals surface area contributed by atoms with Crippen LogP contribution in [0.2, 0.25) is 36.3 Å². The fourth-order valence-corrected chi connectivity index (χ4v) is 5.04. The number of carbonyl (C=O) groups is 2. The minimum absolute atomic E-state index is 0.0171. The Kier molecular flexibility index (Phi) is 10.7. The lowest BCUT2D eigenvalue weighted by Gasteiger charge is -2.42. The van der Waals surface area contributed by atoms with Crippen LogP contribution in [0.3, 0.4) is 0 Å². The van der Waals surface area contributed by atoms with Gasteiger partial charge in [0.25, 0.3) is 0 Å². The zero-order valence-corrected chi connectivity index (χ0v) is 22.4. The van der Waals surface area contributed by atoms with Gasteiger partial charge in [0.15, 0.2) is 22.4 Å². The fourth-order valence-electron chi connectivity index (χ4n) is 2.36. The number of carbonyl (C=O) groups excluding carboxylic acids is 2. The van der Waals surface area contributed by atoms with Gasteiger partial charge in [-0.2, -0.15) is 0 Å². The van der Waals surface area contributed by atoms with E-state index in [1.54, 1.807) is 0 Å². The smallest absolute Gasteiger partial charge is 0.193 e. The molecule has 0 saturated heterocycles. The molecule has 168 valence electrons. The Morgan fingerprint density at radius 2 is 1.45 bits per heavy atom. The number of ketones is 1. The highest BCUT2D eigenvalue weighted by molar-refractivity contribution is 6.74. The van der Waals surface area contributed by atoms with Crippen molar-refractivity contribution in [2.24, 2.45) is 0 Å². The number of hydrogen-bond donors (Lipinski definition) is 0. The van der Waals surface area contributed by atoms with Crippen molar-refractivity contribution in [3.63, 3.8) is 0 Å². The van der Waals surface area contributed by atoms with Gasteiger partial charge in [-0.3, -0.25) is 9.59 Å². The van der Waals surface area contributed by atoms with Crippen LogP contribution in [-0.4, -0.2) is 40.9 Å². The molecule has 4 nitrogen and oxygen atoms in total. The van der Waals surface area contributed by atoms with Crippen molar-refractivity contribution in [2.75, 3.05) is 0 Å². The average molecular weight is 441 g/mol. The topological polar surface area (TPSA) is 52.6 Å². The van der Waals surface area contributed by atoms with Gasteiger partial charge in [-0.15, -0.1) is 6.58 Å². The third kappa shape index (κ3) is 9.24. The molecule has 0 aromatic heterocycles. The lowest BCUT2D eigenvalue weighted by molar-refractivity contribution is -0.123. The predicted octanol–water partition coefficient (Wildman–Crippen LogP) is 6.45. The standard InChI is InChI=1S/C23H44O4Si2/c1-12-13-15-19(26-28(8,9)22(2,3)4)18-21(20(25)16-14-17-24)27-29(10,11)23(5,6)7/h12,14,16-17,19,21H,1,13,15,18H2,2-11H3/b16-14+/t19-,21+/m1/s1. The Morgan fingerprint density at radius 1 is 0.966 bits per heavy atom. The zero-order valence-electron chi connectivity index (χ0n) is 20.4. The molecule has 0 amide bonds. The highest BCUT2D eigenvalue weighted by Gasteiger charge is 2.43. The third-order valence-corrected chi connectivity index (χ3v) is 15.4. The normalized spacial score (nSPS) is 15.9. The summed E-state index contributed by atoms with van der Waals surface area (Å²) >= 11 is 0. The summed E-state index contributed by atoms with van der Waals surface area (Å²) in [4.78, 5) is 23.6. The fraction of sp³-hybridized carbons (Fsp3) is 0.739. The molecule has 0 aliphatic rings. The molecule has 0 unspecified atom stereocenters. The summed E-state index contributed by atoms with van der Waals surface area (Å²) in [6, 6.07) is 0. The molecule has 0 aliphatic heterocycles. The summed E-state index contributed by atoms with van der Waals surface area (Å²) in [7, 11) is -4.18. The van der Waals surface area contributed by atoms with Crippen molar-refractivity contribution in [3.8, 4) is 0 Å². The summed E-state index contributed by atoms with van der Waals surface area (Å²) in [5, 5.41) is 0.0629. The Labute approximate surface area is 181 Å². The summed E-state index contributed by atoms with van der Waals surface area (Å²) in [5.74, 6) is -0.163. The van der Waals surface area contributed by atoms with Gasteiger partial charge in [0, 0.05) is 12.5 Å². The third-order valence-electron chi connectivity index (χ3n) is 6.34. The van der Waals surface area contributed by atoms with E-state index in [9.17, 15) is 9.59 Å². The molecule has 6 heteroatoms. The molecule has 0 aromatic carbocycles. The molecule has 0 fully saturated rings. The molecule has 0 aromatic rings. The summed E-state index contributed by atoms with van der Waals surface area (Å²) in [6.45, 7) is 25.7. The van der Waals surface area contributed by atoms with Gasteiger partial charge in [0.1, 0.15) is 12.4 Å². The van der Waals surface area contributed by atoms with E-state index in [-0.39, 0.29) is 22.0 Å². The molecule has 0 saturated carbocycles. The molecule has 29 heavy (non-hydrogen) atoms. The lowest BCUT2D eigenvalue weighted by atomic mass is 10.0. The van der Waals surface area contributed by atoms with E-state index >= 15 is 0 Å². The largest absolute Gasteiger partial charge is 0.414 e. The van der Waals surface area contributed by atoms with Gasteiger partial charge in [-0.1, -0.05) is 47.6 Å². The number of aldehydes is 1. The summed E-state index contributed by atoms with van der Waals surface area (Å²) in [5.41, 5.74) is 0. The molecule has 2 atom stereocenters. The van der Waals surface area contributed by atoms with E-state index in [0.29, 0.717) is 12.7 Å². The first-order chi connectivity index (χ1) is 13.0. The highest BCUT2D eigenvalue weighted by atomic mass is 28.4. The second-order valence-electron chi connectivity index (χ2n) is 10.9. The first kappa shape index (κ1) is 28.2. The molecule has 0 heterocycles. The minimum Gasteiger partial charge on any atom is -0.414 e. The van der Waals surface area contributed by atoms with E-state index in [1.807, 2.05) is 6.08 Å². The van der Waals surface area contributed by atoms with Gasteiger partial charge in [0.2, 0.25) is 0 Å². The summed E-state index contributed by atoms with van der Waals surface area (Å²) < 4.78 is 13.2. The van der Waals surface area contributed by atoms with E-state index in [2.05, 4.69) is 74.3 Å². The van der Waals surface area contributed by atoms with Crippen LogP contribution in [0.1, 0.15) is 60.8 Å². The van der Waals surface area contributed by atoms with Crippen molar-refractivity contribution in [1.29, 1.82) is 0 Å². The van der Waals surface area contributed by atoms with E-state index in [4.69, 9.17) is 8.85 Å². The maximum Gasteiger partial charge on any atom is 0.193 e. The molecule has 0 radical (unpaired) electrons. The first-order valence-corrected chi connectivity index (χ1v) is 16.4. The number of rotatable bonds is 12. The van der Waals surface area contributed by atoms with Crippen LogP contribution in [0.4, 0.5) is 0 Å². The maximum absolute atomic E-state index is 12.9. The van der Waals surface area contributed by atoms with Crippen LogP contribution >= 0.6 is 0 Å². The Hall–Kier alpha value is -0.826. The Morgan fingerprint density at radius 3 is 1.86 bits per heavy atom. The van der Waals surface area contributed by atoms with Gasteiger partial charge >= 0.3 is 0 Å². The van der Waals surface area contributed by atoms with Crippen LogP contribution in [0.5, 0.6) is 0 Å². The van der Waals surface area contributed by atoms with Crippen molar-refractivity contribution < 1.29 is 18.4 Å². The second kappa shape index (κ2) is 11.0. The molecular formula is C23H44O4Si2. The Balaban J connectivity index is 5.79.